The van der Waals surface area contributed by atoms with Crippen molar-refractivity contribution in [1.29, 1.82) is 0 Å². The first-order valence-electron chi connectivity index (χ1n) is 7.19. The second-order valence-electron chi connectivity index (χ2n) is 5.67. The molecule has 22 heavy (non-hydrogen) atoms. The number of anilines is 1. The van der Waals surface area contributed by atoms with Crippen LogP contribution in [0.4, 0.5) is 5.69 Å². The summed E-state index contributed by atoms with van der Waals surface area (Å²) in [4.78, 5) is 25.4. The Kier molecular flexibility index (Phi) is 3.54. The molecular weight excluding hydrogens is 278 g/mol. The molecule has 0 saturated carbocycles. The van der Waals surface area contributed by atoms with E-state index < -0.39 is 17.9 Å². The molecule has 1 aliphatic carbocycles. The van der Waals surface area contributed by atoms with Crippen LogP contribution in [0.15, 0.2) is 48.5 Å². The van der Waals surface area contributed by atoms with E-state index in [1.54, 1.807) is 18.2 Å². The van der Waals surface area contributed by atoms with Gasteiger partial charge < -0.3 is 10.4 Å². The lowest BCUT2D eigenvalue weighted by molar-refractivity contribution is -0.124. The predicted octanol–water partition coefficient (Wildman–Crippen LogP) is 2.35. The summed E-state index contributed by atoms with van der Waals surface area (Å²) >= 11 is 0. The fraction of sp³-hybridized carbons (Fsp3) is 0.222. The monoisotopic (exact) mass is 295 g/mol. The lowest BCUT2D eigenvalue weighted by Gasteiger charge is -2.24. The molecule has 112 valence electrons. The normalized spacial score (nSPS) is 19.8. The lowest BCUT2D eigenvalue weighted by atomic mass is 9.83. The van der Waals surface area contributed by atoms with Gasteiger partial charge in [0, 0.05) is 11.3 Å². The van der Waals surface area contributed by atoms with Crippen LogP contribution in [0.2, 0.25) is 0 Å². The van der Waals surface area contributed by atoms with Crippen molar-refractivity contribution in [2.24, 2.45) is 5.41 Å². The molecule has 0 heterocycles. The summed E-state index contributed by atoms with van der Waals surface area (Å²) in [6.45, 7) is 1.38. The minimum absolute atomic E-state index is 0.232. The predicted molar refractivity (Wildman–Crippen MR) is 83.8 cm³/mol. The molecule has 4 heteroatoms. The summed E-state index contributed by atoms with van der Waals surface area (Å²) in [6, 6.07) is 14.5. The summed E-state index contributed by atoms with van der Waals surface area (Å²) in [5.74, 6) is -0.762. The third-order valence-electron chi connectivity index (χ3n) is 4.29. The number of carbonyl (C=O) groups excluding carboxylic acids is 2. The van der Waals surface area contributed by atoms with Crippen molar-refractivity contribution in [3.63, 3.8) is 0 Å². The van der Waals surface area contributed by atoms with Crippen molar-refractivity contribution in [3.05, 3.63) is 65.2 Å². The molecule has 0 saturated heterocycles. The summed E-state index contributed by atoms with van der Waals surface area (Å²) < 4.78 is 0. The Hall–Kier alpha value is -2.46. The Morgan fingerprint density at radius 2 is 1.86 bits per heavy atom. The summed E-state index contributed by atoms with van der Waals surface area (Å²) in [7, 11) is 0. The largest absolute Gasteiger partial charge is 0.395 e. The smallest absolute Gasteiger partial charge is 0.241 e. The highest BCUT2D eigenvalue weighted by Crippen LogP contribution is 2.37. The number of aryl methyl sites for hydroxylation is 1. The quantitative estimate of drug-likeness (QED) is 0.854. The second-order valence-corrected chi connectivity index (χ2v) is 5.67. The van der Waals surface area contributed by atoms with Crippen LogP contribution < -0.4 is 5.32 Å². The molecule has 0 bridgehead atoms. The Bertz CT molecular complexity index is 754. The maximum Gasteiger partial charge on any atom is 0.241 e. The lowest BCUT2D eigenvalue weighted by Crippen LogP contribution is -2.44. The Morgan fingerprint density at radius 3 is 2.55 bits per heavy atom. The van der Waals surface area contributed by atoms with Crippen LogP contribution in [0.1, 0.15) is 21.5 Å². The fourth-order valence-electron chi connectivity index (χ4n) is 2.90. The van der Waals surface area contributed by atoms with Crippen molar-refractivity contribution in [1.82, 2.24) is 0 Å². The highest BCUT2D eigenvalue weighted by molar-refractivity contribution is 6.20. The molecule has 0 spiro atoms. The highest BCUT2D eigenvalue weighted by atomic mass is 16.3. The molecular formula is C18H17NO3. The molecule has 2 aromatic carbocycles. The molecule has 1 unspecified atom stereocenters. The van der Waals surface area contributed by atoms with Crippen LogP contribution in [0.3, 0.4) is 0 Å². The first-order chi connectivity index (χ1) is 10.6. The Morgan fingerprint density at radius 1 is 1.18 bits per heavy atom. The van der Waals surface area contributed by atoms with Gasteiger partial charge in [-0.15, -0.1) is 0 Å². The number of Topliss-reactive ketones (excluding diaryl/α,β-unsaturated/α-hetero) is 1. The molecule has 0 aliphatic heterocycles. The van der Waals surface area contributed by atoms with Gasteiger partial charge >= 0.3 is 0 Å². The molecule has 1 atom stereocenters. The molecule has 2 N–H and O–H groups in total. The van der Waals surface area contributed by atoms with Gasteiger partial charge in [0.05, 0.1) is 6.61 Å². The van der Waals surface area contributed by atoms with Gasteiger partial charge in [-0.25, -0.2) is 0 Å². The number of hydrogen-bond donors (Lipinski definition) is 2. The molecule has 3 rings (SSSR count). The maximum atomic E-state index is 12.7. The van der Waals surface area contributed by atoms with E-state index in [2.05, 4.69) is 5.32 Å². The van der Waals surface area contributed by atoms with Crippen molar-refractivity contribution >= 4 is 17.4 Å². The third-order valence-corrected chi connectivity index (χ3v) is 4.29. The summed E-state index contributed by atoms with van der Waals surface area (Å²) in [5, 5.41) is 12.6. The zero-order valence-electron chi connectivity index (χ0n) is 12.3. The zero-order valence-corrected chi connectivity index (χ0v) is 12.3. The number of para-hydroxylation sites is 1. The van der Waals surface area contributed by atoms with E-state index in [1.807, 2.05) is 37.3 Å². The zero-order chi connectivity index (χ0) is 15.7. The van der Waals surface area contributed by atoms with Crippen LogP contribution >= 0.6 is 0 Å². The van der Waals surface area contributed by atoms with Gasteiger partial charge in [0.1, 0.15) is 5.41 Å². The van der Waals surface area contributed by atoms with Crippen LogP contribution in [-0.4, -0.2) is 23.4 Å². The van der Waals surface area contributed by atoms with Crippen LogP contribution in [-0.2, 0) is 11.2 Å². The highest BCUT2D eigenvalue weighted by Gasteiger charge is 2.51. The van der Waals surface area contributed by atoms with Crippen molar-refractivity contribution in [2.45, 2.75) is 13.3 Å². The van der Waals surface area contributed by atoms with E-state index in [9.17, 15) is 14.7 Å². The average molecular weight is 295 g/mol. The van der Waals surface area contributed by atoms with Gasteiger partial charge in [-0.05, 0) is 30.5 Å². The van der Waals surface area contributed by atoms with Gasteiger partial charge in [-0.1, -0.05) is 42.5 Å². The topological polar surface area (TPSA) is 66.4 Å². The van der Waals surface area contributed by atoms with E-state index in [4.69, 9.17) is 0 Å². The Balaban J connectivity index is 1.94. The molecule has 1 aliphatic rings. The minimum atomic E-state index is -1.42. The number of carbonyl (C=O) groups is 2. The van der Waals surface area contributed by atoms with Gasteiger partial charge in [-0.3, -0.25) is 9.59 Å². The number of aliphatic hydroxyl groups excluding tert-OH is 1. The molecule has 0 fully saturated rings. The average Bonchev–Trinajstić information content (AvgIpc) is 2.83. The maximum absolute atomic E-state index is 12.7. The number of rotatable bonds is 3. The van der Waals surface area contributed by atoms with Crippen molar-refractivity contribution < 1.29 is 14.7 Å². The molecule has 2 aromatic rings. The number of nitrogens with one attached hydrogen (secondary N) is 1. The van der Waals surface area contributed by atoms with Gasteiger partial charge in [-0.2, -0.15) is 0 Å². The summed E-state index contributed by atoms with van der Waals surface area (Å²) in [5.41, 5.74) is 1.47. The van der Waals surface area contributed by atoms with Gasteiger partial charge in [0.25, 0.3) is 0 Å². The van der Waals surface area contributed by atoms with E-state index in [-0.39, 0.29) is 12.2 Å². The molecule has 0 aromatic heterocycles. The van der Waals surface area contributed by atoms with Crippen LogP contribution in [0.5, 0.6) is 0 Å². The van der Waals surface area contributed by atoms with Gasteiger partial charge in [0.2, 0.25) is 5.91 Å². The number of fused-ring (bicyclic) bond motifs is 1. The second kappa shape index (κ2) is 5.39. The van der Waals surface area contributed by atoms with E-state index >= 15 is 0 Å². The number of amides is 1. The number of hydrogen-bond acceptors (Lipinski definition) is 3. The molecule has 1 amide bonds. The number of benzene rings is 2. The third kappa shape index (κ3) is 2.12. The summed E-state index contributed by atoms with van der Waals surface area (Å²) in [6.07, 6.45) is 0.232. The standard InChI is InChI=1S/C18H17NO3/c1-12-6-2-5-9-15(12)19-17(22)18(11-20)10-13-7-3-4-8-14(13)16(18)21/h2-9,20H,10-11H2,1H3,(H,19,22). The number of aliphatic hydroxyl groups is 1. The van der Waals surface area contributed by atoms with Crippen LogP contribution in [0, 0.1) is 12.3 Å². The minimum Gasteiger partial charge on any atom is -0.395 e. The first-order valence-corrected chi connectivity index (χ1v) is 7.19. The first kappa shape index (κ1) is 14.5. The Labute approximate surface area is 128 Å². The fourth-order valence-corrected chi connectivity index (χ4v) is 2.90. The molecule has 4 nitrogen and oxygen atoms in total. The van der Waals surface area contributed by atoms with Crippen LogP contribution in [0.25, 0.3) is 0 Å². The van der Waals surface area contributed by atoms with Crippen molar-refractivity contribution in [3.8, 4) is 0 Å². The SMILES string of the molecule is Cc1ccccc1NC(=O)C1(CO)Cc2ccccc2C1=O. The van der Waals surface area contributed by atoms with E-state index in [1.165, 1.54) is 0 Å². The van der Waals surface area contributed by atoms with E-state index in [0.717, 1.165) is 11.1 Å². The number of ketones is 1. The van der Waals surface area contributed by atoms with Gasteiger partial charge in [0.15, 0.2) is 5.78 Å². The van der Waals surface area contributed by atoms with Crippen molar-refractivity contribution in [2.75, 3.05) is 11.9 Å². The molecule has 0 radical (unpaired) electrons. The van der Waals surface area contributed by atoms with E-state index in [0.29, 0.717) is 11.3 Å².